The van der Waals surface area contributed by atoms with Gasteiger partial charge in [-0.3, -0.25) is 4.79 Å². The van der Waals surface area contributed by atoms with Gasteiger partial charge < -0.3 is 23.9 Å². The highest BCUT2D eigenvalue weighted by atomic mass is 16.5. The molecule has 0 aliphatic carbocycles. The second kappa shape index (κ2) is 8.34. The van der Waals surface area contributed by atoms with Crippen LogP contribution < -0.4 is 15.1 Å². The molecule has 0 radical (unpaired) electrons. The fourth-order valence-corrected chi connectivity index (χ4v) is 4.16. The van der Waals surface area contributed by atoms with E-state index in [2.05, 4.69) is 0 Å². The van der Waals surface area contributed by atoms with Gasteiger partial charge in [-0.25, -0.2) is 4.79 Å². The van der Waals surface area contributed by atoms with E-state index in [1.165, 1.54) is 6.07 Å². The van der Waals surface area contributed by atoms with Gasteiger partial charge >= 0.3 is 5.63 Å². The lowest BCUT2D eigenvalue weighted by Gasteiger charge is -2.29. The Kier molecular flexibility index (Phi) is 5.59. The third-order valence-electron chi connectivity index (χ3n) is 5.93. The van der Waals surface area contributed by atoms with Crippen molar-refractivity contribution in [1.29, 1.82) is 0 Å². The van der Waals surface area contributed by atoms with Crippen LogP contribution in [0.5, 0.6) is 17.2 Å². The molecule has 7 heteroatoms. The number of methoxy groups -OCH3 is 2. The van der Waals surface area contributed by atoms with Gasteiger partial charge in [-0.15, -0.1) is 0 Å². The number of aromatic hydroxyl groups is 1. The minimum Gasteiger partial charge on any atom is -0.508 e. The van der Waals surface area contributed by atoms with Gasteiger partial charge in [-0.1, -0.05) is 0 Å². The van der Waals surface area contributed by atoms with Crippen molar-refractivity contribution in [2.24, 2.45) is 0 Å². The number of phenolic OH excluding ortho intramolecular Hbond substituents is 1. The summed E-state index contributed by atoms with van der Waals surface area (Å²) in [4.78, 5) is 27.2. The van der Waals surface area contributed by atoms with Crippen LogP contribution in [0.25, 0.3) is 11.0 Å². The molecule has 7 nitrogen and oxygen atoms in total. The van der Waals surface area contributed by atoms with Crippen molar-refractivity contribution in [2.75, 3.05) is 20.8 Å². The molecule has 1 aromatic heterocycles. The lowest BCUT2D eigenvalue weighted by atomic mass is 9.97. The molecule has 0 atom stereocenters. The topological polar surface area (TPSA) is 89.2 Å². The van der Waals surface area contributed by atoms with Gasteiger partial charge in [0.1, 0.15) is 11.3 Å². The number of amides is 1. The number of carbonyl (C=O) groups is 1. The van der Waals surface area contributed by atoms with E-state index >= 15 is 0 Å². The fraction of sp³-hybridized carbons (Fsp3) is 0.333. The first-order chi connectivity index (χ1) is 14.9. The number of fused-ring (bicyclic) bond motifs is 2. The van der Waals surface area contributed by atoms with E-state index in [0.717, 1.165) is 28.5 Å². The monoisotopic (exact) mass is 423 g/mol. The van der Waals surface area contributed by atoms with E-state index in [0.29, 0.717) is 42.2 Å². The van der Waals surface area contributed by atoms with Crippen LogP contribution in [0.15, 0.2) is 39.5 Å². The molecule has 4 rings (SSSR count). The first kappa shape index (κ1) is 20.8. The molecule has 1 amide bonds. The van der Waals surface area contributed by atoms with Crippen LogP contribution >= 0.6 is 0 Å². The van der Waals surface area contributed by atoms with Gasteiger partial charge in [0.25, 0.3) is 0 Å². The number of carbonyl (C=O) groups excluding carboxylic acids is 1. The average Bonchev–Trinajstić information content (AvgIpc) is 2.77. The van der Waals surface area contributed by atoms with Crippen molar-refractivity contribution in [3.63, 3.8) is 0 Å². The van der Waals surface area contributed by atoms with Gasteiger partial charge in [-0.05, 0) is 60.7 Å². The number of hydrogen-bond donors (Lipinski definition) is 1. The zero-order chi connectivity index (χ0) is 22.1. The van der Waals surface area contributed by atoms with Gasteiger partial charge in [0.05, 0.1) is 14.2 Å². The van der Waals surface area contributed by atoms with E-state index in [4.69, 9.17) is 13.9 Å². The fourth-order valence-electron chi connectivity index (χ4n) is 4.16. The summed E-state index contributed by atoms with van der Waals surface area (Å²) >= 11 is 0. The van der Waals surface area contributed by atoms with Crippen LogP contribution in [0.1, 0.15) is 28.7 Å². The molecule has 2 heterocycles. The largest absolute Gasteiger partial charge is 0.508 e. The van der Waals surface area contributed by atoms with Crippen LogP contribution in [0.2, 0.25) is 0 Å². The van der Waals surface area contributed by atoms with Gasteiger partial charge in [-0.2, -0.15) is 0 Å². The van der Waals surface area contributed by atoms with Crippen molar-refractivity contribution < 1.29 is 23.8 Å². The first-order valence-electron chi connectivity index (χ1n) is 10.2. The maximum absolute atomic E-state index is 12.9. The molecule has 2 aromatic carbocycles. The van der Waals surface area contributed by atoms with E-state index in [1.54, 1.807) is 26.4 Å². The van der Waals surface area contributed by atoms with Crippen LogP contribution in [0.3, 0.4) is 0 Å². The number of rotatable bonds is 5. The molecular weight excluding hydrogens is 398 g/mol. The van der Waals surface area contributed by atoms with Crippen LogP contribution in [0, 0.1) is 6.92 Å². The first-order valence-corrected chi connectivity index (χ1v) is 10.2. The molecule has 3 aromatic rings. The van der Waals surface area contributed by atoms with Crippen molar-refractivity contribution in [1.82, 2.24) is 4.90 Å². The Labute approximate surface area is 179 Å². The SMILES string of the molecule is COc1cc2c(cc1OC)CN(C(=O)CCc1c(C)c3ccc(O)cc3oc1=O)CC2. The third kappa shape index (κ3) is 3.95. The van der Waals surface area contributed by atoms with E-state index in [1.807, 2.05) is 24.0 Å². The van der Waals surface area contributed by atoms with Gasteiger partial charge in [0.2, 0.25) is 5.91 Å². The Morgan fingerprint density at radius 3 is 2.55 bits per heavy atom. The summed E-state index contributed by atoms with van der Waals surface area (Å²) in [6, 6.07) is 8.59. The quantitative estimate of drug-likeness (QED) is 0.633. The minimum atomic E-state index is -0.468. The Morgan fingerprint density at radius 2 is 1.84 bits per heavy atom. The van der Waals surface area contributed by atoms with Crippen LogP contribution in [0.4, 0.5) is 0 Å². The average molecular weight is 423 g/mol. The molecule has 1 aliphatic heterocycles. The number of ether oxygens (including phenoxy) is 2. The lowest BCUT2D eigenvalue weighted by Crippen LogP contribution is -2.36. The predicted octanol–water partition coefficient (Wildman–Crippen LogP) is 3.34. The predicted molar refractivity (Wildman–Crippen MR) is 116 cm³/mol. The highest BCUT2D eigenvalue weighted by Crippen LogP contribution is 2.33. The number of aryl methyl sites for hydroxylation is 1. The summed E-state index contributed by atoms with van der Waals surface area (Å²) in [5.41, 5.74) is 3.34. The summed E-state index contributed by atoms with van der Waals surface area (Å²) in [7, 11) is 3.20. The molecule has 0 fully saturated rings. The van der Waals surface area contributed by atoms with Crippen LogP contribution in [-0.4, -0.2) is 36.7 Å². The summed E-state index contributed by atoms with van der Waals surface area (Å²) < 4.78 is 16.1. The summed E-state index contributed by atoms with van der Waals surface area (Å²) in [5, 5.41) is 10.4. The molecule has 1 N–H and O–H groups in total. The molecule has 1 aliphatic rings. The molecule has 0 unspecified atom stereocenters. The second-order valence-electron chi connectivity index (χ2n) is 7.71. The normalized spacial score (nSPS) is 13.2. The Bertz CT molecular complexity index is 1210. The van der Waals surface area contributed by atoms with Crippen LogP contribution in [-0.2, 0) is 24.2 Å². The highest BCUT2D eigenvalue weighted by Gasteiger charge is 2.23. The summed E-state index contributed by atoms with van der Waals surface area (Å²) in [5.74, 6) is 1.36. The minimum absolute atomic E-state index is 0.00922. The molecule has 0 spiro atoms. The van der Waals surface area contributed by atoms with Crippen molar-refractivity contribution in [2.45, 2.75) is 32.7 Å². The zero-order valence-corrected chi connectivity index (χ0v) is 17.9. The molecular formula is C24H25NO6. The zero-order valence-electron chi connectivity index (χ0n) is 17.9. The van der Waals surface area contributed by atoms with Crippen molar-refractivity contribution >= 4 is 16.9 Å². The van der Waals surface area contributed by atoms with Gasteiger partial charge in [0, 0.05) is 36.5 Å². The van der Waals surface area contributed by atoms with E-state index in [-0.39, 0.29) is 18.1 Å². The maximum Gasteiger partial charge on any atom is 0.339 e. The summed E-state index contributed by atoms with van der Waals surface area (Å²) in [6.07, 6.45) is 1.26. The number of nitrogens with zero attached hydrogens (tertiary/aromatic N) is 1. The smallest absolute Gasteiger partial charge is 0.339 e. The van der Waals surface area contributed by atoms with E-state index in [9.17, 15) is 14.7 Å². The number of hydrogen-bond acceptors (Lipinski definition) is 6. The Balaban J connectivity index is 1.50. The molecule has 0 saturated heterocycles. The molecule has 0 saturated carbocycles. The van der Waals surface area contributed by atoms with Crippen molar-refractivity contribution in [3.05, 3.63) is 63.0 Å². The van der Waals surface area contributed by atoms with Crippen molar-refractivity contribution in [3.8, 4) is 17.2 Å². The number of phenols is 1. The summed E-state index contributed by atoms with van der Waals surface area (Å²) in [6.45, 7) is 2.96. The Hall–Kier alpha value is -3.48. The van der Waals surface area contributed by atoms with E-state index < -0.39 is 5.63 Å². The molecule has 31 heavy (non-hydrogen) atoms. The van der Waals surface area contributed by atoms with Gasteiger partial charge in [0.15, 0.2) is 11.5 Å². The maximum atomic E-state index is 12.9. The lowest BCUT2D eigenvalue weighted by molar-refractivity contribution is -0.132. The molecule has 0 bridgehead atoms. The highest BCUT2D eigenvalue weighted by molar-refractivity contribution is 5.82. The molecule has 162 valence electrons. The second-order valence-corrected chi connectivity index (χ2v) is 7.71. The number of benzene rings is 2. The Morgan fingerprint density at radius 1 is 1.13 bits per heavy atom. The standard InChI is InChI=1S/C24H25NO6/c1-14-18-5-4-17(26)12-20(18)31-24(28)19(14)6-7-23(27)25-9-8-15-10-21(29-2)22(30-3)11-16(15)13-25/h4-5,10-12,26H,6-9,13H2,1-3H3. The third-order valence-corrected chi connectivity index (χ3v) is 5.93.